The number of hydrogen-bond acceptors (Lipinski definition) is 3. The van der Waals surface area contributed by atoms with E-state index in [2.05, 4.69) is 10.6 Å². The van der Waals surface area contributed by atoms with Gasteiger partial charge in [0.05, 0.1) is 6.54 Å². The Kier molecular flexibility index (Phi) is 2.54. The fourth-order valence-corrected chi connectivity index (χ4v) is 1.21. The minimum atomic E-state index is -0.0498. The molecule has 1 heterocycles. The van der Waals surface area contributed by atoms with Crippen LogP contribution < -0.4 is 10.6 Å². The van der Waals surface area contributed by atoms with Gasteiger partial charge in [0.1, 0.15) is 5.76 Å². The summed E-state index contributed by atoms with van der Waals surface area (Å²) in [5.41, 5.74) is 0. The zero-order valence-corrected chi connectivity index (χ0v) is 8.17. The Bertz CT molecular complexity index is 329. The number of rotatable bonds is 4. The lowest BCUT2D eigenvalue weighted by Crippen LogP contribution is -2.29. The molecule has 14 heavy (non-hydrogen) atoms. The molecule has 0 radical (unpaired) electrons. The van der Waals surface area contributed by atoms with Crippen molar-refractivity contribution in [2.45, 2.75) is 25.8 Å². The van der Waals surface area contributed by atoms with Crippen molar-refractivity contribution in [3.05, 3.63) is 17.9 Å². The van der Waals surface area contributed by atoms with Crippen molar-refractivity contribution in [3.63, 3.8) is 0 Å². The highest BCUT2D eigenvalue weighted by molar-refractivity contribution is 5.91. The van der Waals surface area contributed by atoms with E-state index in [9.17, 15) is 4.79 Å². The van der Waals surface area contributed by atoms with Gasteiger partial charge in [-0.3, -0.25) is 10.1 Å². The lowest BCUT2D eigenvalue weighted by atomic mass is 10.5. The number of carbonyl (C=O) groups is 1. The standard InChI is InChI=1S/C10H14N2O2/c1-7-2-5-10(14-7)12-9(13)6-11-8-3-4-8/h2,5,8,11H,3-4,6H2,1H3,(H,12,13). The van der Waals surface area contributed by atoms with E-state index in [1.165, 1.54) is 12.8 Å². The summed E-state index contributed by atoms with van der Waals surface area (Å²) < 4.78 is 5.22. The maximum Gasteiger partial charge on any atom is 0.240 e. The van der Waals surface area contributed by atoms with Gasteiger partial charge < -0.3 is 9.73 Å². The van der Waals surface area contributed by atoms with Gasteiger partial charge in [0.25, 0.3) is 0 Å². The maximum absolute atomic E-state index is 11.3. The van der Waals surface area contributed by atoms with Gasteiger partial charge in [0.2, 0.25) is 5.91 Å². The first-order valence-electron chi connectivity index (χ1n) is 4.84. The zero-order chi connectivity index (χ0) is 9.97. The average molecular weight is 194 g/mol. The first-order valence-corrected chi connectivity index (χ1v) is 4.84. The molecule has 2 rings (SSSR count). The van der Waals surface area contributed by atoms with Crippen LogP contribution in [0.5, 0.6) is 0 Å². The molecular formula is C10H14N2O2. The minimum absolute atomic E-state index is 0.0498. The summed E-state index contributed by atoms with van der Waals surface area (Å²) in [5.74, 6) is 1.27. The van der Waals surface area contributed by atoms with Crippen molar-refractivity contribution in [3.8, 4) is 0 Å². The van der Waals surface area contributed by atoms with E-state index < -0.39 is 0 Å². The van der Waals surface area contributed by atoms with Gasteiger partial charge in [-0.1, -0.05) is 0 Å². The first kappa shape index (κ1) is 9.27. The van der Waals surface area contributed by atoms with Crippen LogP contribution >= 0.6 is 0 Å². The third kappa shape index (κ3) is 2.60. The van der Waals surface area contributed by atoms with Crippen molar-refractivity contribution in [1.29, 1.82) is 0 Å². The van der Waals surface area contributed by atoms with Crippen LogP contribution in [0, 0.1) is 6.92 Å². The van der Waals surface area contributed by atoms with Crippen molar-refractivity contribution >= 4 is 11.8 Å². The van der Waals surface area contributed by atoms with E-state index in [0.29, 0.717) is 18.5 Å². The number of anilines is 1. The molecule has 0 spiro atoms. The Hall–Kier alpha value is -1.29. The first-order chi connectivity index (χ1) is 6.74. The highest BCUT2D eigenvalue weighted by Crippen LogP contribution is 2.18. The highest BCUT2D eigenvalue weighted by Gasteiger charge is 2.21. The lowest BCUT2D eigenvalue weighted by molar-refractivity contribution is -0.115. The van der Waals surface area contributed by atoms with Gasteiger partial charge in [-0.2, -0.15) is 0 Å². The Morgan fingerprint density at radius 1 is 1.57 bits per heavy atom. The van der Waals surface area contributed by atoms with E-state index in [0.717, 1.165) is 5.76 Å². The van der Waals surface area contributed by atoms with Crippen molar-refractivity contribution in [1.82, 2.24) is 5.32 Å². The van der Waals surface area contributed by atoms with Gasteiger partial charge in [0, 0.05) is 12.1 Å². The topological polar surface area (TPSA) is 54.3 Å². The molecule has 0 aromatic carbocycles. The molecule has 4 nitrogen and oxygen atoms in total. The summed E-state index contributed by atoms with van der Waals surface area (Å²) in [6.07, 6.45) is 2.38. The fourth-order valence-electron chi connectivity index (χ4n) is 1.21. The van der Waals surface area contributed by atoms with Crippen molar-refractivity contribution in [2.75, 3.05) is 11.9 Å². The fraction of sp³-hybridized carbons (Fsp3) is 0.500. The number of aryl methyl sites for hydroxylation is 1. The molecule has 1 aliphatic rings. The summed E-state index contributed by atoms with van der Waals surface area (Å²) in [6, 6.07) is 4.13. The molecule has 2 N–H and O–H groups in total. The van der Waals surface area contributed by atoms with Gasteiger partial charge in [0.15, 0.2) is 5.88 Å². The number of amides is 1. The van der Waals surface area contributed by atoms with Gasteiger partial charge in [-0.25, -0.2) is 0 Å². The van der Waals surface area contributed by atoms with Crippen LogP contribution in [0.4, 0.5) is 5.88 Å². The summed E-state index contributed by atoms with van der Waals surface area (Å²) in [6.45, 7) is 2.21. The second-order valence-corrected chi connectivity index (χ2v) is 3.61. The molecule has 0 bridgehead atoms. The number of carbonyl (C=O) groups excluding carboxylic acids is 1. The molecule has 0 atom stereocenters. The normalized spacial score (nSPS) is 15.5. The van der Waals surface area contributed by atoms with Crippen LogP contribution in [0.3, 0.4) is 0 Å². The van der Waals surface area contributed by atoms with Crippen LogP contribution in [0.25, 0.3) is 0 Å². The zero-order valence-electron chi connectivity index (χ0n) is 8.17. The Morgan fingerprint density at radius 3 is 2.93 bits per heavy atom. The minimum Gasteiger partial charge on any atom is -0.446 e. The number of hydrogen-bond donors (Lipinski definition) is 2. The molecule has 0 saturated heterocycles. The van der Waals surface area contributed by atoms with Crippen LogP contribution in [-0.4, -0.2) is 18.5 Å². The van der Waals surface area contributed by atoms with Gasteiger partial charge in [-0.15, -0.1) is 0 Å². The van der Waals surface area contributed by atoms with E-state index >= 15 is 0 Å². The Labute approximate surface area is 82.7 Å². The molecule has 1 saturated carbocycles. The van der Waals surface area contributed by atoms with E-state index in [1.54, 1.807) is 6.07 Å². The average Bonchev–Trinajstić information content (AvgIpc) is 2.88. The van der Waals surface area contributed by atoms with Gasteiger partial charge >= 0.3 is 0 Å². The SMILES string of the molecule is Cc1ccc(NC(=O)CNC2CC2)o1. The van der Waals surface area contributed by atoms with Crippen LogP contribution in [0.15, 0.2) is 16.5 Å². The molecule has 1 aliphatic carbocycles. The second kappa shape index (κ2) is 3.84. The third-order valence-electron chi connectivity index (χ3n) is 2.13. The molecule has 76 valence electrons. The quantitative estimate of drug-likeness (QED) is 0.759. The van der Waals surface area contributed by atoms with Crippen LogP contribution in [-0.2, 0) is 4.79 Å². The molecule has 0 aliphatic heterocycles. The lowest BCUT2D eigenvalue weighted by Gasteiger charge is -2.02. The number of nitrogens with one attached hydrogen (secondary N) is 2. The van der Waals surface area contributed by atoms with E-state index in [-0.39, 0.29) is 5.91 Å². The molecule has 1 amide bonds. The van der Waals surface area contributed by atoms with Gasteiger partial charge in [-0.05, 0) is 25.8 Å². The predicted molar refractivity (Wildman–Crippen MR) is 53.1 cm³/mol. The largest absolute Gasteiger partial charge is 0.446 e. The maximum atomic E-state index is 11.3. The summed E-state index contributed by atoms with van der Waals surface area (Å²) >= 11 is 0. The summed E-state index contributed by atoms with van der Waals surface area (Å²) in [7, 11) is 0. The van der Waals surface area contributed by atoms with E-state index in [4.69, 9.17) is 4.42 Å². The van der Waals surface area contributed by atoms with Crippen molar-refractivity contribution in [2.24, 2.45) is 0 Å². The Morgan fingerprint density at radius 2 is 2.36 bits per heavy atom. The van der Waals surface area contributed by atoms with Crippen LogP contribution in [0.1, 0.15) is 18.6 Å². The van der Waals surface area contributed by atoms with Crippen molar-refractivity contribution < 1.29 is 9.21 Å². The monoisotopic (exact) mass is 194 g/mol. The Balaban J connectivity index is 1.75. The summed E-state index contributed by atoms with van der Waals surface area (Å²) in [5, 5.41) is 5.81. The predicted octanol–water partition coefficient (Wildman–Crippen LogP) is 1.28. The molecule has 0 unspecified atom stereocenters. The molecule has 1 aromatic heterocycles. The molecule has 4 heteroatoms. The number of furan rings is 1. The highest BCUT2D eigenvalue weighted by atomic mass is 16.4. The summed E-state index contributed by atoms with van der Waals surface area (Å²) in [4.78, 5) is 11.3. The second-order valence-electron chi connectivity index (χ2n) is 3.61. The molecule has 1 fully saturated rings. The molecule has 1 aromatic rings. The van der Waals surface area contributed by atoms with E-state index in [1.807, 2.05) is 13.0 Å². The molecular weight excluding hydrogens is 180 g/mol. The smallest absolute Gasteiger partial charge is 0.240 e. The third-order valence-corrected chi connectivity index (χ3v) is 2.13. The van der Waals surface area contributed by atoms with Crippen LogP contribution in [0.2, 0.25) is 0 Å².